The van der Waals surface area contributed by atoms with Crippen molar-refractivity contribution in [2.45, 2.75) is 45.1 Å². The van der Waals surface area contributed by atoms with Crippen LogP contribution < -0.4 is 11.1 Å². The summed E-state index contributed by atoms with van der Waals surface area (Å²) in [6, 6.07) is 6.60. The van der Waals surface area contributed by atoms with Crippen molar-refractivity contribution in [1.29, 1.82) is 0 Å². The first kappa shape index (κ1) is 19.8. The van der Waals surface area contributed by atoms with Gasteiger partial charge in [0.05, 0.1) is 5.69 Å². The van der Waals surface area contributed by atoms with Crippen molar-refractivity contribution in [1.82, 2.24) is 4.98 Å². The topological polar surface area (TPSA) is 68.0 Å². The number of benzene rings is 1. The molecule has 0 saturated heterocycles. The monoisotopic (exact) mass is 383 g/mol. The molecule has 136 valence electrons. The number of hydrogen-bond donors (Lipinski definition) is 2. The van der Waals surface area contributed by atoms with Crippen molar-refractivity contribution in [2.24, 2.45) is 11.7 Å². The third kappa shape index (κ3) is 5.23. The van der Waals surface area contributed by atoms with E-state index in [0.717, 1.165) is 35.4 Å². The smallest absolute Gasteiger partial charge is 0.226 e. The molecule has 3 N–H and O–H groups in total. The SMILES string of the molecule is Cc1nc(NC(=O)C[C@@H]2CCC[C@H]2N)sc1Cc1ccc(F)cc1.Cl. The number of anilines is 1. The number of rotatable bonds is 5. The number of nitrogens with one attached hydrogen (secondary N) is 1. The molecule has 0 radical (unpaired) electrons. The molecule has 1 saturated carbocycles. The summed E-state index contributed by atoms with van der Waals surface area (Å²) >= 11 is 1.48. The Kier molecular flexibility index (Phi) is 6.93. The van der Waals surface area contributed by atoms with E-state index in [4.69, 9.17) is 5.73 Å². The number of carbonyl (C=O) groups is 1. The van der Waals surface area contributed by atoms with Gasteiger partial charge in [-0.25, -0.2) is 9.37 Å². The first-order valence-electron chi connectivity index (χ1n) is 8.27. The zero-order valence-corrected chi connectivity index (χ0v) is 15.8. The Balaban J connectivity index is 0.00000225. The predicted octanol–water partition coefficient (Wildman–Crippen LogP) is 4.06. The number of halogens is 2. The van der Waals surface area contributed by atoms with Gasteiger partial charge in [0.25, 0.3) is 0 Å². The fourth-order valence-electron chi connectivity index (χ4n) is 3.16. The van der Waals surface area contributed by atoms with Crippen LogP contribution in [0.15, 0.2) is 24.3 Å². The lowest BCUT2D eigenvalue weighted by Gasteiger charge is -2.13. The van der Waals surface area contributed by atoms with Crippen molar-refractivity contribution in [3.63, 3.8) is 0 Å². The Morgan fingerprint density at radius 2 is 2.08 bits per heavy atom. The molecule has 1 aromatic carbocycles. The molecule has 0 spiro atoms. The third-order valence-electron chi connectivity index (χ3n) is 4.58. The summed E-state index contributed by atoms with van der Waals surface area (Å²) in [6.45, 7) is 1.93. The molecule has 1 aromatic heterocycles. The van der Waals surface area contributed by atoms with Gasteiger partial charge in [0.15, 0.2) is 5.13 Å². The first-order valence-corrected chi connectivity index (χ1v) is 9.09. The van der Waals surface area contributed by atoms with Crippen molar-refractivity contribution in [2.75, 3.05) is 5.32 Å². The minimum atomic E-state index is -0.238. The fourth-order valence-corrected chi connectivity index (χ4v) is 4.17. The van der Waals surface area contributed by atoms with E-state index in [2.05, 4.69) is 10.3 Å². The summed E-state index contributed by atoms with van der Waals surface area (Å²) in [4.78, 5) is 17.7. The molecule has 2 aromatic rings. The van der Waals surface area contributed by atoms with Gasteiger partial charge in [-0.1, -0.05) is 18.6 Å². The summed E-state index contributed by atoms with van der Waals surface area (Å²) < 4.78 is 13.0. The van der Waals surface area contributed by atoms with E-state index in [9.17, 15) is 9.18 Å². The van der Waals surface area contributed by atoms with Crippen LogP contribution in [0.5, 0.6) is 0 Å². The Labute approximate surface area is 157 Å². The van der Waals surface area contributed by atoms with Crippen molar-refractivity contribution in [3.8, 4) is 0 Å². The number of nitrogens with two attached hydrogens (primary N) is 1. The number of hydrogen-bond acceptors (Lipinski definition) is 4. The zero-order chi connectivity index (χ0) is 17.1. The predicted molar refractivity (Wildman–Crippen MR) is 102 cm³/mol. The second-order valence-corrected chi connectivity index (χ2v) is 7.52. The molecule has 0 aliphatic heterocycles. The Morgan fingerprint density at radius 1 is 1.36 bits per heavy atom. The second-order valence-electron chi connectivity index (χ2n) is 6.44. The van der Waals surface area contributed by atoms with E-state index in [1.165, 1.54) is 23.5 Å². The highest BCUT2D eigenvalue weighted by Gasteiger charge is 2.26. The maximum atomic E-state index is 13.0. The van der Waals surface area contributed by atoms with Gasteiger partial charge in [0.2, 0.25) is 5.91 Å². The maximum absolute atomic E-state index is 13.0. The van der Waals surface area contributed by atoms with Crippen LogP contribution >= 0.6 is 23.7 Å². The number of aromatic nitrogens is 1. The van der Waals surface area contributed by atoms with Crippen LogP contribution in [0.2, 0.25) is 0 Å². The van der Waals surface area contributed by atoms with E-state index < -0.39 is 0 Å². The van der Waals surface area contributed by atoms with E-state index in [0.29, 0.717) is 18.0 Å². The molecule has 1 aliphatic carbocycles. The highest BCUT2D eigenvalue weighted by molar-refractivity contribution is 7.15. The number of aryl methyl sites for hydroxylation is 1. The van der Waals surface area contributed by atoms with Crippen LogP contribution in [0.4, 0.5) is 9.52 Å². The van der Waals surface area contributed by atoms with Crippen LogP contribution in [0, 0.1) is 18.7 Å². The maximum Gasteiger partial charge on any atom is 0.226 e. The molecule has 1 aliphatic rings. The Bertz CT molecular complexity index is 720. The quantitative estimate of drug-likeness (QED) is 0.818. The molecule has 1 amide bonds. The molecular formula is C18H23ClFN3OS. The second kappa shape index (κ2) is 8.74. The number of thiazole rings is 1. The minimum Gasteiger partial charge on any atom is -0.327 e. The summed E-state index contributed by atoms with van der Waals surface area (Å²) in [6.07, 6.45) is 4.30. The highest BCUT2D eigenvalue weighted by Crippen LogP contribution is 2.29. The standard InChI is InChI=1S/C18H22FN3OS.ClH/c1-11-16(9-12-5-7-14(19)8-6-12)24-18(21-11)22-17(23)10-13-3-2-4-15(13)20;/h5-8,13,15H,2-4,9-10,20H2,1H3,(H,21,22,23);1H/t13-,15+;/m0./s1. The largest absolute Gasteiger partial charge is 0.327 e. The minimum absolute atomic E-state index is 0. The van der Waals surface area contributed by atoms with Gasteiger partial charge < -0.3 is 11.1 Å². The van der Waals surface area contributed by atoms with Gasteiger partial charge in [-0.3, -0.25) is 4.79 Å². The lowest BCUT2D eigenvalue weighted by Crippen LogP contribution is -2.28. The van der Waals surface area contributed by atoms with E-state index >= 15 is 0 Å². The first-order chi connectivity index (χ1) is 11.5. The molecule has 1 fully saturated rings. The fraction of sp³-hybridized carbons (Fsp3) is 0.444. The molecular weight excluding hydrogens is 361 g/mol. The number of carbonyl (C=O) groups excluding carboxylic acids is 1. The molecule has 4 nitrogen and oxygen atoms in total. The van der Waals surface area contributed by atoms with E-state index in [1.54, 1.807) is 12.1 Å². The van der Waals surface area contributed by atoms with Gasteiger partial charge in [0, 0.05) is 23.8 Å². The molecule has 3 rings (SSSR count). The van der Waals surface area contributed by atoms with Crippen LogP contribution in [-0.4, -0.2) is 16.9 Å². The summed E-state index contributed by atoms with van der Waals surface area (Å²) in [5.74, 6) is 0.0297. The Morgan fingerprint density at radius 3 is 2.72 bits per heavy atom. The highest BCUT2D eigenvalue weighted by atomic mass is 35.5. The Hall–Kier alpha value is -1.50. The summed E-state index contributed by atoms with van der Waals surface area (Å²) in [7, 11) is 0. The zero-order valence-electron chi connectivity index (χ0n) is 14.1. The average molecular weight is 384 g/mol. The van der Waals surface area contributed by atoms with Crippen LogP contribution in [0.1, 0.15) is 41.8 Å². The normalized spacial score (nSPS) is 19.5. The molecule has 7 heteroatoms. The van der Waals surface area contributed by atoms with Gasteiger partial charge in [-0.15, -0.1) is 23.7 Å². The van der Waals surface area contributed by atoms with Crippen molar-refractivity contribution >= 4 is 34.8 Å². The summed E-state index contributed by atoms with van der Waals surface area (Å²) in [5, 5.41) is 3.52. The van der Waals surface area contributed by atoms with Crippen molar-refractivity contribution in [3.05, 3.63) is 46.2 Å². The average Bonchev–Trinajstić information content (AvgIpc) is 3.08. The number of amides is 1. The van der Waals surface area contributed by atoms with E-state index in [-0.39, 0.29) is 36.1 Å². The van der Waals surface area contributed by atoms with Crippen LogP contribution in [0.3, 0.4) is 0 Å². The van der Waals surface area contributed by atoms with Gasteiger partial charge in [-0.2, -0.15) is 0 Å². The molecule has 25 heavy (non-hydrogen) atoms. The van der Waals surface area contributed by atoms with E-state index in [1.807, 2.05) is 6.92 Å². The third-order valence-corrected chi connectivity index (χ3v) is 5.66. The summed E-state index contributed by atoms with van der Waals surface area (Å²) in [5.41, 5.74) is 7.95. The molecule has 1 heterocycles. The molecule has 0 bridgehead atoms. The number of nitrogens with zero attached hydrogens (tertiary/aromatic N) is 1. The van der Waals surface area contributed by atoms with Gasteiger partial charge in [-0.05, 0) is 43.4 Å². The van der Waals surface area contributed by atoms with Crippen LogP contribution in [0.25, 0.3) is 0 Å². The van der Waals surface area contributed by atoms with Gasteiger partial charge >= 0.3 is 0 Å². The van der Waals surface area contributed by atoms with Crippen molar-refractivity contribution < 1.29 is 9.18 Å². The van der Waals surface area contributed by atoms with Gasteiger partial charge in [0.1, 0.15) is 5.82 Å². The molecule has 0 unspecified atom stereocenters. The molecule has 2 atom stereocenters. The lowest BCUT2D eigenvalue weighted by molar-refractivity contribution is -0.117. The van der Waals surface area contributed by atoms with Crippen LogP contribution in [-0.2, 0) is 11.2 Å². The lowest BCUT2D eigenvalue weighted by atomic mass is 10.00.